The topological polar surface area (TPSA) is 55.1 Å². The van der Waals surface area contributed by atoms with E-state index in [4.69, 9.17) is 5.73 Å². The van der Waals surface area contributed by atoms with Crippen molar-refractivity contribution in [2.45, 2.75) is 25.8 Å². The molecule has 0 aromatic heterocycles. The molecule has 1 rings (SSSR count). The standard InChI is InChI=1S/C12H16F2N2O/c1-8(3-2-4-15)16-12(17)9-5-10(13)7-11(14)6-9/h5-8H,2-4,15H2,1H3,(H,16,17). The number of rotatable bonds is 5. The maximum atomic E-state index is 12.9. The Morgan fingerprint density at radius 2 is 1.94 bits per heavy atom. The third-order valence-electron chi connectivity index (χ3n) is 2.34. The van der Waals surface area contributed by atoms with Gasteiger partial charge in [0, 0.05) is 17.7 Å². The maximum Gasteiger partial charge on any atom is 0.251 e. The third-order valence-corrected chi connectivity index (χ3v) is 2.34. The molecule has 0 saturated carbocycles. The lowest BCUT2D eigenvalue weighted by atomic mass is 10.1. The number of carbonyl (C=O) groups excluding carboxylic acids is 1. The van der Waals surface area contributed by atoms with Crippen LogP contribution in [0.5, 0.6) is 0 Å². The second kappa shape index (κ2) is 6.30. The molecule has 1 atom stereocenters. The zero-order valence-electron chi connectivity index (χ0n) is 9.67. The first-order valence-electron chi connectivity index (χ1n) is 5.50. The second-order valence-electron chi connectivity index (χ2n) is 3.96. The van der Waals surface area contributed by atoms with Crippen LogP contribution in [-0.4, -0.2) is 18.5 Å². The van der Waals surface area contributed by atoms with Crippen LogP contribution in [0.25, 0.3) is 0 Å². The summed E-state index contributed by atoms with van der Waals surface area (Å²) in [6, 6.07) is 2.67. The molecular weight excluding hydrogens is 226 g/mol. The van der Waals surface area contributed by atoms with Gasteiger partial charge in [-0.3, -0.25) is 4.79 Å². The minimum Gasteiger partial charge on any atom is -0.350 e. The van der Waals surface area contributed by atoms with E-state index in [0.29, 0.717) is 6.54 Å². The van der Waals surface area contributed by atoms with Gasteiger partial charge in [-0.25, -0.2) is 8.78 Å². The molecule has 1 aromatic rings. The lowest BCUT2D eigenvalue weighted by molar-refractivity contribution is 0.0937. The van der Waals surface area contributed by atoms with E-state index in [1.807, 2.05) is 6.92 Å². The number of benzene rings is 1. The Hall–Kier alpha value is -1.49. The van der Waals surface area contributed by atoms with Crippen molar-refractivity contribution < 1.29 is 13.6 Å². The van der Waals surface area contributed by atoms with Crippen LogP contribution in [0.2, 0.25) is 0 Å². The highest BCUT2D eigenvalue weighted by Crippen LogP contribution is 2.08. The molecule has 0 aliphatic carbocycles. The van der Waals surface area contributed by atoms with Crippen LogP contribution in [0, 0.1) is 11.6 Å². The molecule has 0 saturated heterocycles. The van der Waals surface area contributed by atoms with E-state index in [1.54, 1.807) is 0 Å². The molecule has 0 spiro atoms. The lowest BCUT2D eigenvalue weighted by Gasteiger charge is -2.13. The highest BCUT2D eigenvalue weighted by Gasteiger charge is 2.11. The Balaban J connectivity index is 2.63. The van der Waals surface area contributed by atoms with Crippen LogP contribution < -0.4 is 11.1 Å². The van der Waals surface area contributed by atoms with Gasteiger partial charge in [0.05, 0.1) is 0 Å². The molecule has 0 heterocycles. The van der Waals surface area contributed by atoms with E-state index in [0.717, 1.165) is 31.0 Å². The van der Waals surface area contributed by atoms with Crippen molar-refractivity contribution in [3.63, 3.8) is 0 Å². The van der Waals surface area contributed by atoms with E-state index in [1.165, 1.54) is 0 Å². The quantitative estimate of drug-likeness (QED) is 0.827. The molecule has 1 amide bonds. The van der Waals surface area contributed by atoms with Crippen molar-refractivity contribution in [3.05, 3.63) is 35.4 Å². The molecule has 0 bridgehead atoms. The van der Waals surface area contributed by atoms with Gasteiger partial charge in [-0.2, -0.15) is 0 Å². The Labute approximate surface area is 99.0 Å². The van der Waals surface area contributed by atoms with Crippen molar-refractivity contribution in [3.8, 4) is 0 Å². The van der Waals surface area contributed by atoms with Crippen molar-refractivity contribution in [2.75, 3.05) is 6.54 Å². The van der Waals surface area contributed by atoms with Gasteiger partial charge in [-0.1, -0.05) is 0 Å². The molecule has 0 fully saturated rings. The molecule has 17 heavy (non-hydrogen) atoms. The van der Waals surface area contributed by atoms with Gasteiger partial charge in [0.2, 0.25) is 0 Å². The van der Waals surface area contributed by atoms with E-state index < -0.39 is 17.5 Å². The fraction of sp³-hybridized carbons (Fsp3) is 0.417. The molecular formula is C12H16F2N2O. The highest BCUT2D eigenvalue weighted by atomic mass is 19.1. The minimum atomic E-state index is -0.759. The van der Waals surface area contributed by atoms with Crippen molar-refractivity contribution in [1.82, 2.24) is 5.32 Å². The molecule has 94 valence electrons. The van der Waals surface area contributed by atoms with Gasteiger partial charge < -0.3 is 11.1 Å². The molecule has 3 N–H and O–H groups in total. The zero-order valence-corrected chi connectivity index (χ0v) is 9.67. The van der Waals surface area contributed by atoms with Crippen LogP contribution in [0.15, 0.2) is 18.2 Å². The third kappa shape index (κ3) is 4.48. The van der Waals surface area contributed by atoms with Gasteiger partial charge in [-0.05, 0) is 38.4 Å². The predicted molar refractivity (Wildman–Crippen MR) is 61.6 cm³/mol. The number of nitrogens with one attached hydrogen (secondary N) is 1. The summed E-state index contributed by atoms with van der Waals surface area (Å²) in [5.74, 6) is -2.00. The van der Waals surface area contributed by atoms with Crippen LogP contribution in [-0.2, 0) is 0 Å². The fourth-order valence-corrected chi connectivity index (χ4v) is 1.49. The van der Waals surface area contributed by atoms with Gasteiger partial charge in [0.15, 0.2) is 0 Å². The monoisotopic (exact) mass is 242 g/mol. The first-order chi connectivity index (χ1) is 8.02. The summed E-state index contributed by atoms with van der Waals surface area (Å²) in [5, 5.41) is 2.66. The largest absolute Gasteiger partial charge is 0.350 e. The first kappa shape index (κ1) is 13.6. The van der Waals surface area contributed by atoms with Gasteiger partial charge in [0.1, 0.15) is 11.6 Å². The number of halogens is 2. The Morgan fingerprint density at radius 3 is 2.47 bits per heavy atom. The lowest BCUT2D eigenvalue weighted by Crippen LogP contribution is -2.33. The number of amides is 1. The minimum absolute atomic E-state index is 0.0119. The summed E-state index contributed by atoms with van der Waals surface area (Å²) in [6.45, 7) is 2.37. The number of nitrogens with two attached hydrogens (primary N) is 1. The smallest absolute Gasteiger partial charge is 0.251 e. The number of hydrogen-bond acceptors (Lipinski definition) is 2. The molecule has 0 radical (unpaired) electrons. The van der Waals surface area contributed by atoms with E-state index in [2.05, 4.69) is 5.32 Å². The normalized spacial score (nSPS) is 12.2. The average molecular weight is 242 g/mol. The summed E-state index contributed by atoms with van der Waals surface area (Å²) in [7, 11) is 0. The molecule has 0 aliphatic heterocycles. The van der Waals surface area contributed by atoms with Crippen molar-refractivity contribution in [1.29, 1.82) is 0 Å². The van der Waals surface area contributed by atoms with Crippen molar-refractivity contribution >= 4 is 5.91 Å². The first-order valence-corrected chi connectivity index (χ1v) is 5.50. The van der Waals surface area contributed by atoms with E-state index >= 15 is 0 Å². The van der Waals surface area contributed by atoms with Crippen LogP contribution in [0.1, 0.15) is 30.1 Å². The van der Waals surface area contributed by atoms with Gasteiger partial charge in [0.25, 0.3) is 5.91 Å². The van der Waals surface area contributed by atoms with Crippen molar-refractivity contribution in [2.24, 2.45) is 5.73 Å². The Bertz CT molecular complexity index is 376. The van der Waals surface area contributed by atoms with Gasteiger partial charge in [-0.15, -0.1) is 0 Å². The number of hydrogen-bond donors (Lipinski definition) is 2. The Morgan fingerprint density at radius 1 is 1.35 bits per heavy atom. The average Bonchev–Trinajstić information content (AvgIpc) is 2.25. The molecule has 5 heteroatoms. The molecule has 3 nitrogen and oxygen atoms in total. The number of carbonyl (C=O) groups is 1. The maximum absolute atomic E-state index is 12.9. The summed E-state index contributed by atoms with van der Waals surface area (Å²) >= 11 is 0. The Kier molecular flexibility index (Phi) is 5.03. The highest BCUT2D eigenvalue weighted by molar-refractivity contribution is 5.94. The molecule has 1 aromatic carbocycles. The van der Waals surface area contributed by atoms with Crippen LogP contribution in [0.4, 0.5) is 8.78 Å². The summed E-state index contributed by atoms with van der Waals surface area (Å²) in [5.41, 5.74) is 5.33. The van der Waals surface area contributed by atoms with E-state index in [9.17, 15) is 13.6 Å². The summed E-state index contributed by atoms with van der Waals surface area (Å²) < 4.78 is 25.8. The van der Waals surface area contributed by atoms with E-state index in [-0.39, 0.29) is 11.6 Å². The summed E-state index contributed by atoms with van der Waals surface area (Å²) in [4.78, 5) is 11.6. The SMILES string of the molecule is CC(CCCN)NC(=O)c1cc(F)cc(F)c1. The summed E-state index contributed by atoms with van der Waals surface area (Å²) in [6.07, 6.45) is 1.53. The fourth-order valence-electron chi connectivity index (χ4n) is 1.49. The molecule has 0 aliphatic rings. The van der Waals surface area contributed by atoms with Crippen LogP contribution >= 0.6 is 0 Å². The molecule has 1 unspecified atom stereocenters. The second-order valence-corrected chi connectivity index (χ2v) is 3.96. The van der Waals surface area contributed by atoms with Crippen LogP contribution in [0.3, 0.4) is 0 Å². The predicted octanol–water partition coefficient (Wildman–Crippen LogP) is 1.82. The zero-order chi connectivity index (χ0) is 12.8. The van der Waals surface area contributed by atoms with Gasteiger partial charge >= 0.3 is 0 Å².